The van der Waals surface area contributed by atoms with Crippen molar-refractivity contribution in [2.24, 2.45) is 5.10 Å². The first-order chi connectivity index (χ1) is 17.6. The predicted octanol–water partition coefficient (Wildman–Crippen LogP) is 3.70. The molecule has 8 nitrogen and oxygen atoms in total. The van der Waals surface area contributed by atoms with Crippen molar-refractivity contribution in [1.29, 1.82) is 0 Å². The highest BCUT2D eigenvalue weighted by molar-refractivity contribution is 6.01. The second-order valence-corrected chi connectivity index (χ2v) is 8.06. The van der Waals surface area contributed by atoms with E-state index in [9.17, 15) is 14.4 Å². The Kier molecular flexibility index (Phi) is 6.31. The predicted molar refractivity (Wildman–Crippen MR) is 139 cm³/mol. The molecule has 0 bridgehead atoms. The molecular weight excluding hydrogens is 454 g/mol. The van der Waals surface area contributed by atoms with E-state index in [4.69, 9.17) is 0 Å². The molecule has 176 valence electrons. The van der Waals surface area contributed by atoms with Crippen LogP contribution in [0.5, 0.6) is 0 Å². The van der Waals surface area contributed by atoms with Gasteiger partial charge in [-0.15, -0.1) is 0 Å². The van der Waals surface area contributed by atoms with Gasteiger partial charge in [-0.1, -0.05) is 78.9 Å². The third-order valence-electron chi connectivity index (χ3n) is 5.77. The van der Waals surface area contributed by atoms with Crippen LogP contribution >= 0.6 is 0 Å². The van der Waals surface area contributed by atoms with Crippen molar-refractivity contribution in [3.63, 3.8) is 0 Å². The number of carbonyl (C=O) groups is 2. The van der Waals surface area contributed by atoms with Gasteiger partial charge in [-0.05, 0) is 29.0 Å². The molecule has 3 N–H and O–H groups in total. The van der Waals surface area contributed by atoms with Crippen molar-refractivity contribution in [2.45, 2.75) is 6.04 Å². The lowest BCUT2D eigenvalue weighted by molar-refractivity contribution is -0.123. The largest absolute Gasteiger partial charge is 0.335 e. The van der Waals surface area contributed by atoms with Gasteiger partial charge >= 0.3 is 0 Å². The lowest BCUT2D eigenvalue weighted by Crippen LogP contribution is -2.40. The van der Waals surface area contributed by atoms with Crippen molar-refractivity contribution in [2.75, 3.05) is 0 Å². The fraction of sp³-hybridized carbons (Fsp3) is 0.0357. The Morgan fingerprint density at radius 2 is 1.47 bits per heavy atom. The molecule has 8 heteroatoms. The lowest BCUT2D eigenvalue weighted by Gasteiger charge is -2.18. The minimum Gasteiger partial charge on any atom is -0.335 e. The quantitative estimate of drug-likeness (QED) is 0.256. The Morgan fingerprint density at radius 3 is 2.28 bits per heavy atom. The summed E-state index contributed by atoms with van der Waals surface area (Å²) in [5, 5.41) is 16.2. The van der Waals surface area contributed by atoms with Crippen LogP contribution in [0.15, 0.2) is 107 Å². The SMILES string of the molecule is O=C(N[C@@H](C(=O)N/N=C/c1cccc2ccccc12)c1n[nH]c(=O)c2ccccc12)c1ccccc1. The maximum Gasteiger partial charge on any atom is 0.272 e. The Labute approximate surface area is 205 Å². The lowest BCUT2D eigenvalue weighted by atomic mass is 10.0. The summed E-state index contributed by atoms with van der Waals surface area (Å²) in [6.45, 7) is 0. The number of H-pyrrole nitrogens is 1. The van der Waals surface area contributed by atoms with Gasteiger partial charge in [-0.2, -0.15) is 10.2 Å². The van der Waals surface area contributed by atoms with E-state index in [1.54, 1.807) is 60.8 Å². The number of aromatic nitrogens is 2. The number of fused-ring (bicyclic) bond motifs is 2. The summed E-state index contributed by atoms with van der Waals surface area (Å²) in [5.74, 6) is -1.08. The van der Waals surface area contributed by atoms with E-state index < -0.39 is 23.4 Å². The summed E-state index contributed by atoms with van der Waals surface area (Å²) in [6.07, 6.45) is 1.55. The fourth-order valence-electron chi connectivity index (χ4n) is 4.01. The standard InChI is InChI=1S/C28H21N5O3/c34-26(19-10-2-1-3-11-19)30-25(24-22-15-6-7-16-23(22)27(35)33-31-24)28(36)32-29-17-20-13-8-12-18-9-4-5-14-21(18)20/h1-17,25H,(H,30,34)(H,32,36)(H,33,35)/b29-17+/t25-/m1/s1. The monoisotopic (exact) mass is 475 g/mol. The van der Waals surface area contributed by atoms with Crippen LogP contribution in [0.4, 0.5) is 0 Å². The van der Waals surface area contributed by atoms with Crippen LogP contribution in [-0.2, 0) is 4.79 Å². The highest BCUT2D eigenvalue weighted by Gasteiger charge is 2.27. The number of carbonyl (C=O) groups excluding carboxylic acids is 2. The Bertz CT molecular complexity index is 1660. The van der Waals surface area contributed by atoms with Crippen molar-refractivity contribution < 1.29 is 9.59 Å². The number of nitrogens with zero attached hydrogens (tertiary/aromatic N) is 2. The zero-order chi connectivity index (χ0) is 24.9. The molecule has 0 saturated carbocycles. The fourth-order valence-corrected chi connectivity index (χ4v) is 4.01. The number of hydrogen-bond acceptors (Lipinski definition) is 5. The highest BCUT2D eigenvalue weighted by Crippen LogP contribution is 2.21. The topological polar surface area (TPSA) is 116 Å². The number of rotatable bonds is 6. The van der Waals surface area contributed by atoms with E-state index in [0.717, 1.165) is 16.3 Å². The molecule has 0 unspecified atom stereocenters. The average Bonchev–Trinajstić information content (AvgIpc) is 2.93. The normalized spacial score (nSPS) is 12.0. The number of aromatic amines is 1. The van der Waals surface area contributed by atoms with Gasteiger partial charge in [-0.25, -0.2) is 10.5 Å². The van der Waals surface area contributed by atoms with Crippen LogP contribution in [-0.4, -0.2) is 28.2 Å². The Morgan fingerprint density at radius 1 is 0.806 bits per heavy atom. The molecule has 36 heavy (non-hydrogen) atoms. The molecule has 1 aromatic heterocycles. The first-order valence-electron chi connectivity index (χ1n) is 11.3. The van der Waals surface area contributed by atoms with Crippen LogP contribution in [0.25, 0.3) is 21.5 Å². The minimum atomic E-state index is -1.22. The summed E-state index contributed by atoms with van der Waals surface area (Å²) in [6, 6.07) is 27.7. The number of hydrazone groups is 1. The summed E-state index contributed by atoms with van der Waals surface area (Å²) in [5.41, 5.74) is 3.53. The van der Waals surface area contributed by atoms with Crippen LogP contribution in [0.1, 0.15) is 27.7 Å². The van der Waals surface area contributed by atoms with Crippen molar-refractivity contribution in [1.82, 2.24) is 20.9 Å². The van der Waals surface area contributed by atoms with Crippen molar-refractivity contribution in [3.05, 3.63) is 124 Å². The zero-order valence-corrected chi connectivity index (χ0v) is 19.0. The molecule has 5 rings (SSSR count). The molecule has 2 amide bonds. The Hall–Kier alpha value is -5.11. The van der Waals surface area contributed by atoms with Crippen molar-refractivity contribution in [3.8, 4) is 0 Å². The van der Waals surface area contributed by atoms with Crippen LogP contribution in [0, 0.1) is 0 Å². The molecule has 4 aromatic carbocycles. The molecule has 0 aliphatic rings. The van der Waals surface area contributed by atoms with Crippen LogP contribution in [0.2, 0.25) is 0 Å². The van der Waals surface area contributed by atoms with Gasteiger partial charge in [-0.3, -0.25) is 14.4 Å². The van der Waals surface area contributed by atoms with Gasteiger partial charge in [0, 0.05) is 16.5 Å². The summed E-state index contributed by atoms with van der Waals surface area (Å²) in [4.78, 5) is 38.5. The van der Waals surface area contributed by atoms with Gasteiger partial charge in [0.15, 0.2) is 6.04 Å². The maximum atomic E-state index is 13.3. The summed E-state index contributed by atoms with van der Waals surface area (Å²) in [7, 11) is 0. The maximum absolute atomic E-state index is 13.3. The molecule has 0 spiro atoms. The second-order valence-electron chi connectivity index (χ2n) is 8.06. The molecular formula is C28H21N5O3. The van der Waals surface area contributed by atoms with E-state index >= 15 is 0 Å². The molecule has 0 saturated heterocycles. The first kappa shape index (κ1) is 22.7. The van der Waals surface area contributed by atoms with Gasteiger partial charge in [0.05, 0.1) is 11.6 Å². The average molecular weight is 476 g/mol. The molecule has 0 fully saturated rings. The first-order valence-corrected chi connectivity index (χ1v) is 11.3. The van der Waals surface area contributed by atoms with E-state index in [-0.39, 0.29) is 5.69 Å². The summed E-state index contributed by atoms with van der Waals surface area (Å²) >= 11 is 0. The molecule has 1 heterocycles. The molecule has 1 atom stereocenters. The van der Waals surface area contributed by atoms with E-state index in [0.29, 0.717) is 16.3 Å². The third kappa shape index (κ3) is 4.60. The highest BCUT2D eigenvalue weighted by atomic mass is 16.2. The van der Waals surface area contributed by atoms with Crippen LogP contribution < -0.4 is 16.3 Å². The smallest absolute Gasteiger partial charge is 0.272 e. The van der Waals surface area contributed by atoms with Gasteiger partial charge in [0.2, 0.25) is 0 Å². The number of benzene rings is 4. The van der Waals surface area contributed by atoms with E-state index in [1.165, 1.54) is 0 Å². The van der Waals surface area contributed by atoms with Gasteiger partial charge in [0.1, 0.15) is 5.69 Å². The van der Waals surface area contributed by atoms with Crippen LogP contribution in [0.3, 0.4) is 0 Å². The van der Waals surface area contributed by atoms with E-state index in [1.807, 2.05) is 42.5 Å². The number of amides is 2. The molecule has 0 aliphatic heterocycles. The zero-order valence-electron chi connectivity index (χ0n) is 19.0. The minimum absolute atomic E-state index is 0.201. The number of nitrogens with one attached hydrogen (secondary N) is 3. The van der Waals surface area contributed by atoms with Gasteiger partial charge < -0.3 is 5.32 Å². The molecule has 0 aliphatic carbocycles. The molecule has 5 aromatic rings. The number of hydrogen-bond donors (Lipinski definition) is 3. The second kappa shape index (κ2) is 10.0. The summed E-state index contributed by atoms with van der Waals surface area (Å²) < 4.78 is 0. The third-order valence-corrected chi connectivity index (χ3v) is 5.77. The van der Waals surface area contributed by atoms with E-state index in [2.05, 4.69) is 26.0 Å². The van der Waals surface area contributed by atoms with Crippen molar-refractivity contribution >= 4 is 39.6 Å². The Balaban J connectivity index is 1.48. The van der Waals surface area contributed by atoms with Gasteiger partial charge in [0.25, 0.3) is 17.4 Å². The molecule has 0 radical (unpaired) electrons.